The highest BCUT2D eigenvalue weighted by Gasteiger charge is 2.24. The molecule has 1 aromatic heterocycles. The first-order valence-electron chi connectivity index (χ1n) is 6.13. The topological polar surface area (TPSA) is 106 Å². The van der Waals surface area contributed by atoms with E-state index in [9.17, 15) is 19.8 Å². The highest BCUT2D eigenvalue weighted by Crippen LogP contribution is 2.38. The van der Waals surface area contributed by atoms with E-state index in [1.165, 1.54) is 19.2 Å². The second kappa shape index (κ2) is 5.35. The van der Waals surface area contributed by atoms with Gasteiger partial charge in [0.1, 0.15) is 0 Å². The summed E-state index contributed by atoms with van der Waals surface area (Å²) in [6, 6.07) is 2.42. The van der Waals surface area contributed by atoms with Crippen molar-refractivity contribution < 1.29 is 28.9 Å². The molecule has 0 atom stereocenters. The standard InChI is InChI=1S/C14H14O7/c1-6(2)20-12-10(16)9-7(13(17)19-3)4-5-8(15)11(9)21-14(12)18/h4-6,15-16H,1-3H3. The van der Waals surface area contributed by atoms with Crippen molar-refractivity contribution >= 4 is 16.9 Å². The number of ether oxygens (including phenoxy) is 2. The second-order valence-corrected chi connectivity index (χ2v) is 4.56. The number of methoxy groups -OCH3 is 1. The van der Waals surface area contributed by atoms with Crippen molar-refractivity contribution in [3.05, 3.63) is 28.1 Å². The minimum atomic E-state index is -0.953. The monoisotopic (exact) mass is 294 g/mol. The number of carbonyl (C=O) groups is 1. The molecule has 0 bridgehead atoms. The third kappa shape index (κ3) is 2.49. The largest absolute Gasteiger partial charge is 0.504 e. The van der Waals surface area contributed by atoms with Gasteiger partial charge in [0.05, 0.1) is 24.2 Å². The van der Waals surface area contributed by atoms with E-state index in [1.54, 1.807) is 13.8 Å². The van der Waals surface area contributed by atoms with Crippen LogP contribution in [0.2, 0.25) is 0 Å². The summed E-state index contributed by atoms with van der Waals surface area (Å²) < 4.78 is 14.7. The Bertz CT molecular complexity index is 758. The van der Waals surface area contributed by atoms with Gasteiger partial charge in [-0.2, -0.15) is 0 Å². The molecule has 7 heteroatoms. The van der Waals surface area contributed by atoms with Crippen LogP contribution in [0, 0.1) is 0 Å². The predicted molar refractivity (Wildman–Crippen MR) is 72.9 cm³/mol. The fourth-order valence-corrected chi connectivity index (χ4v) is 1.88. The van der Waals surface area contributed by atoms with Gasteiger partial charge in [-0.1, -0.05) is 0 Å². The van der Waals surface area contributed by atoms with Crippen LogP contribution < -0.4 is 10.4 Å². The Kier molecular flexibility index (Phi) is 3.75. The molecule has 0 aliphatic heterocycles. The van der Waals surface area contributed by atoms with Crippen molar-refractivity contribution in [1.82, 2.24) is 0 Å². The normalized spacial score (nSPS) is 10.9. The molecule has 112 valence electrons. The van der Waals surface area contributed by atoms with Crippen molar-refractivity contribution in [1.29, 1.82) is 0 Å². The molecule has 0 saturated carbocycles. The summed E-state index contributed by atoms with van der Waals surface area (Å²) in [4.78, 5) is 23.5. The Morgan fingerprint density at radius 3 is 2.52 bits per heavy atom. The number of benzene rings is 1. The van der Waals surface area contributed by atoms with Crippen molar-refractivity contribution in [3.63, 3.8) is 0 Å². The molecular weight excluding hydrogens is 280 g/mol. The first kappa shape index (κ1) is 14.7. The average Bonchev–Trinajstić information content (AvgIpc) is 2.43. The lowest BCUT2D eigenvalue weighted by molar-refractivity contribution is 0.0602. The van der Waals surface area contributed by atoms with Gasteiger partial charge >= 0.3 is 11.6 Å². The number of hydrogen-bond donors (Lipinski definition) is 2. The number of fused-ring (bicyclic) bond motifs is 1. The summed E-state index contributed by atoms with van der Waals surface area (Å²) in [5, 5.41) is 19.8. The molecule has 2 aromatic rings. The third-order valence-electron chi connectivity index (χ3n) is 2.73. The minimum absolute atomic E-state index is 0.0554. The van der Waals surface area contributed by atoms with Gasteiger partial charge in [-0.3, -0.25) is 0 Å². The molecule has 2 N–H and O–H groups in total. The van der Waals surface area contributed by atoms with E-state index < -0.39 is 29.2 Å². The van der Waals surface area contributed by atoms with Crippen molar-refractivity contribution in [2.24, 2.45) is 0 Å². The average molecular weight is 294 g/mol. The quantitative estimate of drug-likeness (QED) is 0.656. The molecule has 0 spiro atoms. The summed E-state index contributed by atoms with van der Waals surface area (Å²) in [6.07, 6.45) is -0.393. The van der Waals surface area contributed by atoms with Crippen LogP contribution in [0.3, 0.4) is 0 Å². The van der Waals surface area contributed by atoms with E-state index in [1.807, 2.05) is 0 Å². The van der Waals surface area contributed by atoms with E-state index >= 15 is 0 Å². The van der Waals surface area contributed by atoms with Crippen molar-refractivity contribution in [3.8, 4) is 17.2 Å². The van der Waals surface area contributed by atoms with Crippen molar-refractivity contribution in [2.75, 3.05) is 7.11 Å². The van der Waals surface area contributed by atoms with Crippen LogP contribution in [0.15, 0.2) is 21.3 Å². The highest BCUT2D eigenvalue weighted by atomic mass is 16.5. The maximum Gasteiger partial charge on any atom is 0.383 e. The third-order valence-corrected chi connectivity index (χ3v) is 2.73. The fraction of sp³-hybridized carbons (Fsp3) is 0.286. The van der Waals surface area contributed by atoms with E-state index in [4.69, 9.17) is 9.15 Å². The first-order valence-corrected chi connectivity index (χ1v) is 6.13. The lowest BCUT2D eigenvalue weighted by atomic mass is 10.1. The van der Waals surface area contributed by atoms with E-state index in [2.05, 4.69) is 4.74 Å². The molecule has 0 unspecified atom stereocenters. The number of phenols is 1. The molecule has 0 amide bonds. The lowest BCUT2D eigenvalue weighted by Gasteiger charge is -2.13. The van der Waals surface area contributed by atoms with E-state index in [0.717, 1.165) is 0 Å². The Morgan fingerprint density at radius 1 is 1.29 bits per heavy atom. The van der Waals surface area contributed by atoms with Crippen LogP contribution in [0.4, 0.5) is 0 Å². The summed E-state index contributed by atoms with van der Waals surface area (Å²) >= 11 is 0. The number of carbonyl (C=O) groups excluding carboxylic acids is 1. The minimum Gasteiger partial charge on any atom is -0.504 e. The molecule has 0 fully saturated rings. The summed E-state index contributed by atoms with van der Waals surface area (Å²) in [5.74, 6) is -2.14. The van der Waals surface area contributed by atoms with E-state index in [-0.39, 0.29) is 22.3 Å². The summed E-state index contributed by atoms with van der Waals surface area (Å²) in [7, 11) is 1.17. The SMILES string of the molecule is COC(=O)c1ccc(O)c2oc(=O)c(OC(C)C)c(O)c12. The zero-order valence-corrected chi connectivity index (χ0v) is 11.7. The molecular formula is C14H14O7. The van der Waals surface area contributed by atoms with Gasteiger partial charge in [-0.05, 0) is 26.0 Å². The molecule has 21 heavy (non-hydrogen) atoms. The van der Waals surface area contributed by atoms with Crippen LogP contribution in [-0.2, 0) is 4.74 Å². The van der Waals surface area contributed by atoms with Crippen molar-refractivity contribution in [2.45, 2.75) is 20.0 Å². The molecule has 0 aliphatic carbocycles. The van der Waals surface area contributed by atoms with Gasteiger partial charge in [0, 0.05) is 0 Å². The van der Waals surface area contributed by atoms with Crippen LogP contribution in [0.25, 0.3) is 11.0 Å². The number of rotatable bonds is 3. The smallest absolute Gasteiger partial charge is 0.383 e. The molecule has 2 rings (SSSR count). The maximum atomic E-state index is 11.8. The summed E-state index contributed by atoms with van der Waals surface area (Å²) in [6.45, 7) is 3.32. The molecule has 1 aromatic carbocycles. The van der Waals surface area contributed by atoms with Crippen LogP contribution in [0.5, 0.6) is 17.2 Å². The fourth-order valence-electron chi connectivity index (χ4n) is 1.88. The highest BCUT2D eigenvalue weighted by molar-refractivity contribution is 6.07. The second-order valence-electron chi connectivity index (χ2n) is 4.56. The number of hydrogen-bond acceptors (Lipinski definition) is 7. The van der Waals surface area contributed by atoms with Gasteiger partial charge in [-0.25, -0.2) is 9.59 Å². The zero-order chi connectivity index (χ0) is 15.7. The van der Waals surface area contributed by atoms with Gasteiger partial charge in [0.2, 0.25) is 5.75 Å². The van der Waals surface area contributed by atoms with Gasteiger partial charge in [0.25, 0.3) is 0 Å². The Morgan fingerprint density at radius 2 is 1.95 bits per heavy atom. The zero-order valence-electron chi connectivity index (χ0n) is 11.7. The van der Waals surface area contributed by atoms with Gasteiger partial charge < -0.3 is 24.1 Å². The maximum absolute atomic E-state index is 11.8. The Labute approximate surface area is 119 Å². The molecule has 0 saturated heterocycles. The number of esters is 1. The molecule has 1 heterocycles. The van der Waals surface area contributed by atoms with Crippen LogP contribution >= 0.6 is 0 Å². The van der Waals surface area contributed by atoms with Gasteiger partial charge in [-0.15, -0.1) is 0 Å². The Balaban J connectivity index is 2.88. The molecule has 0 aliphatic rings. The summed E-state index contributed by atoms with van der Waals surface area (Å²) in [5.41, 5.74) is -1.32. The van der Waals surface area contributed by atoms with Gasteiger partial charge in [0.15, 0.2) is 17.1 Å². The first-order chi connectivity index (χ1) is 9.86. The van der Waals surface area contributed by atoms with Crippen LogP contribution in [0.1, 0.15) is 24.2 Å². The number of aromatic hydroxyl groups is 2. The molecule has 0 radical (unpaired) electrons. The Hall–Kier alpha value is -2.70. The van der Waals surface area contributed by atoms with E-state index in [0.29, 0.717) is 0 Å². The lowest BCUT2D eigenvalue weighted by Crippen LogP contribution is -2.14. The molecule has 7 nitrogen and oxygen atoms in total. The van der Waals surface area contributed by atoms with Crippen LogP contribution in [-0.4, -0.2) is 29.4 Å². The number of phenolic OH excluding ortho intramolecular Hbond substituents is 1. The predicted octanol–water partition coefficient (Wildman–Crippen LogP) is 1.78.